The highest BCUT2D eigenvalue weighted by Crippen LogP contribution is 2.37. The maximum absolute atomic E-state index is 6.23. The maximum atomic E-state index is 6.23. The highest BCUT2D eigenvalue weighted by molar-refractivity contribution is 9.10. The zero-order valence-corrected chi connectivity index (χ0v) is 13.8. The number of nitrogens with one attached hydrogen (secondary N) is 1. The van der Waals surface area contributed by atoms with E-state index in [1.807, 2.05) is 13.0 Å². The van der Waals surface area contributed by atoms with Gasteiger partial charge >= 0.3 is 0 Å². The number of piperidine rings is 1. The Bertz CT molecular complexity index is 477. The van der Waals surface area contributed by atoms with E-state index in [1.165, 1.54) is 25.7 Å². The largest absolute Gasteiger partial charge is 0.381 e. The minimum Gasteiger partial charge on any atom is -0.381 e. The molecule has 104 valence electrons. The first kappa shape index (κ1) is 13.7. The Labute approximate surface area is 128 Å². The van der Waals surface area contributed by atoms with Gasteiger partial charge in [0.05, 0.1) is 5.69 Å². The summed E-state index contributed by atoms with van der Waals surface area (Å²) in [5.41, 5.74) is 2.24. The van der Waals surface area contributed by atoms with Crippen molar-refractivity contribution in [2.75, 3.05) is 12.4 Å². The number of benzene rings is 1. The number of aryl methyl sites for hydroxylation is 1. The van der Waals surface area contributed by atoms with Crippen molar-refractivity contribution < 1.29 is 0 Å². The van der Waals surface area contributed by atoms with Gasteiger partial charge in [-0.25, -0.2) is 0 Å². The molecule has 1 aromatic rings. The van der Waals surface area contributed by atoms with Crippen LogP contribution in [0.15, 0.2) is 16.6 Å². The normalized spacial score (nSPS) is 30.6. The van der Waals surface area contributed by atoms with Gasteiger partial charge in [-0.1, -0.05) is 11.6 Å². The smallest absolute Gasteiger partial charge is 0.0501 e. The lowest BCUT2D eigenvalue weighted by Crippen LogP contribution is -2.44. The van der Waals surface area contributed by atoms with E-state index in [2.05, 4.69) is 39.3 Å². The van der Waals surface area contributed by atoms with Gasteiger partial charge in [0.2, 0.25) is 0 Å². The summed E-state index contributed by atoms with van der Waals surface area (Å²) in [6.07, 6.45) is 5.19. The van der Waals surface area contributed by atoms with Crippen LogP contribution in [0.3, 0.4) is 0 Å². The van der Waals surface area contributed by atoms with E-state index in [-0.39, 0.29) is 0 Å². The first-order valence-corrected chi connectivity index (χ1v) is 8.16. The van der Waals surface area contributed by atoms with Crippen molar-refractivity contribution in [1.82, 2.24) is 4.90 Å². The first-order chi connectivity index (χ1) is 9.04. The number of hydrogen-bond donors (Lipinski definition) is 1. The Hall–Kier alpha value is -0.250. The molecule has 0 spiro atoms. The van der Waals surface area contributed by atoms with Crippen LogP contribution in [0.1, 0.15) is 31.2 Å². The number of anilines is 1. The van der Waals surface area contributed by atoms with Crippen LogP contribution >= 0.6 is 27.5 Å². The van der Waals surface area contributed by atoms with Crippen LogP contribution < -0.4 is 5.32 Å². The van der Waals surface area contributed by atoms with Crippen molar-refractivity contribution >= 4 is 33.2 Å². The van der Waals surface area contributed by atoms with E-state index >= 15 is 0 Å². The van der Waals surface area contributed by atoms with Gasteiger partial charge in [-0.15, -0.1) is 0 Å². The van der Waals surface area contributed by atoms with Crippen molar-refractivity contribution in [3.05, 3.63) is 27.2 Å². The highest BCUT2D eigenvalue weighted by Gasteiger charge is 2.38. The SMILES string of the molecule is Cc1cc(Br)c(NC2CC3CCC(C2)N3C)cc1Cl. The molecule has 0 saturated carbocycles. The zero-order valence-electron chi connectivity index (χ0n) is 11.4. The molecule has 2 fully saturated rings. The number of nitrogens with zero attached hydrogens (tertiary/aromatic N) is 1. The van der Waals surface area contributed by atoms with E-state index in [0.717, 1.165) is 32.8 Å². The summed E-state index contributed by atoms with van der Waals surface area (Å²) in [6, 6.07) is 6.23. The average Bonchev–Trinajstić information content (AvgIpc) is 2.60. The van der Waals surface area contributed by atoms with Gasteiger partial charge in [-0.3, -0.25) is 0 Å². The van der Waals surface area contributed by atoms with Crippen LogP contribution in [0.25, 0.3) is 0 Å². The molecular formula is C15H20BrClN2. The Kier molecular flexibility index (Phi) is 3.80. The molecule has 1 aromatic carbocycles. The predicted molar refractivity (Wildman–Crippen MR) is 85.1 cm³/mol. The molecule has 2 bridgehead atoms. The van der Waals surface area contributed by atoms with Gasteiger partial charge in [0.1, 0.15) is 0 Å². The van der Waals surface area contributed by atoms with E-state index in [4.69, 9.17) is 11.6 Å². The average molecular weight is 344 g/mol. The minimum atomic E-state index is 0.573. The van der Waals surface area contributed by atoms with E-state index in [1.54, 1.807) is 0 Å². The fourth-order valence-electron chi connectivity index (χ4n) is 3.51. The lowest BCUT2D eigenvalue weighted by Gasteiger charge is -2.37. The highest BCUT2D eigenvalue weighted by atomic mass is 79.9. The van der Waals surface area contributed by atoms with Gasteiger partial charge in [0.15, 0.2) is 0 Å². The monoisotopic (exact) mass is 342 g/mol. The van der Waals surface area contributed by atoms with Gasteiger partial charge in [0.25, 0.3) is 0 Å². The summed E-state index contributed by atoms with van der Waals surface area (Å²) in [5.74, 6) is 0. The second-order valence-electron chi connectivity index (χ2n) is 5.94. The van der Waals surface area contributed by atoms with E-state index < -0.39 is 0 Å². The third-order valence-electron chi connectivity index (χ3n) is 4.71. The fourth-order valence-corrected chi connectivity index (χ4v) is 4.24. The summed E-state index contributed by atoms with van der Waals surface area (Å²) in [5, 5.41) is 4.52. The molecule has 4 heteroatoms. The molecule has 1 N–H and O–H groups in total. The van der Waals surface area contributed by atoms with Crippen LogP contribution in [-0.2, 0) is 0 Å². The Balaban J connectivity index is 1.74. The summed E-state index contributed by atoms with van der Waals surface area (Å²) in [7, 11) is 2.28. The van der Waals surface area contributed by atoms with Crippen molar-refractivity contribution in [3.8, 4) is 0 Å². The number of hydrogen-bond acceptors (Lipinski definition) is 2. The standard InChI is InChI=1S/C15H20BrClN2/c1-9-5-13(16)15(8-14(9)17)18-10-6-11-3-4-12(7-10)19(11)2/h5,8,10-12,18H,3-4,6-7H2,1-2H3. The van der Waals surface area contributed by atoms with Crippen molar-refractivity contribution in [1.29, 1.82) is 0 Å². The molecule has 2 unspecified atom stereocenters. The molecule has 0 aromatic heterocycles. The molecule has 2 saturated heterocycles. The van der Waals surface area contributed by atoms with Gasteiger partial charge in [-0.2, -0.15) is 0 Å². The quantitative estimate of drug-likeness (QED) is 0.853. The molecule has 2 aliphatic rings. The fraction of sp³-hybridized carbons (Fsp3) is 0.600. The Morgan fingerprint density at radius 1 is 1.26 bits per heavy atom. The Morgan fingerprint density at radius 2 is 1.89 bits per heavy atom. The number of fused-ring (bicyclic) bond motifs is 2. The summed E-state index contributed by atoms with van der Waals surface area (Å²) >= 11 is 9.86. The zero-order chi connectivity index (χ0) is 13.6. The molecule has 2 aliphatic heterocycles. The predicted octanol–water partition coefficient (Wildman–Crippen LogP) is 4.45. The van der Waals surface area contributed by atoms with E-state index in [9.17, 15) is 0 Å². The van der Waals surface area contributed by atoms with Crippen LogP contribution in [0.4, 0.5) is 5.69 Å². The second-order valence-corrected chi connectivity index (χ2v) is 7.21. The topological polar surface area (TPSA) is 15.3 Å². The van der Waals surface area contributed by atoms with Gasteiger partial charge < -0.3 is 10.2 Å². The molecule has 2 atom stereocenters. The van der Waals surface area contributed by atoms with Crippen molar-refractivity contribution in [2.24, 2.45) is 0 Å². The van der Waals surface area contributed by atoms with Crippen LogP contribution in [-0.4, -0.2) is 30.1 Å². The van der Waals surface area contributed by atoms with Crippen molar-refractivity contribution in [3.63, 3.8) is 0 Å². The van der Waals surface area contributed by atoms with Crippen LogP contribution in [0.5, 0.6) is 0 Å². The summed E-state index contributed by atoms with van der Waals surface area (Å²) in [6.45, 7) is 2.03. The third-order valence-corrected chi connectivity index (χ3v) is 5.77. The molecule has 0 amide bonds. The number of halogens is 2. The van der Waals surface area contributed by atoms with Crippen LogP contribution in [0, 0.1) is 6.92 Å². The van der Waals surface area contributed by atoms with Gasteiger partial charge in [0, 0.05) is 27.6 Å². The molecule has 3 rings (SSSR count). The molecule has 2 nitrogen and oxygen atoms in total. The first-order valence-electron chi connectivity index (χ1n) is 6.98. The minimum absolute atomic E-state index is 0.573. The third kappa shape index (κ3) is 2.65. The second kappa shape index (κ2) is 5.27. The molecular weight excluding hydrogens is 324 g/mol. The molecule has 0 aliphatic carbocycles. The van der Waals surface area contributed by atoms with E-state index in [0.29, 0.717) is 6.04 Å². The summed E-state index contributed by atoms with van der Waals surface area (Å²) < 4.78 is 1.11. The molecule has 19 heavy (non-hydrogen) atoms. The number of rotatable bonds is 2. The lowest BCUT2D eigenvalue weighted by molar-refractivity contribution is 0.169. The maximum Gasteiger partial charge on any atom is 0.0501 e. The molecule has 2 heterocycles. The molecule has 0 radical (unpaired) electrons. The lowest BCUT2D eigenvalue weighted by atomic mass is 9.97. The van der Waals surface area contributed by atoms with Gasteiger partial charge in [-0.05, 0) is 73.3 Å². The van der Waals surface area contributed by atoms with Crippen molar-refractivity contribution in [2.45, 2.75) is 50.7 Å². The van der Waals surface area contributed by atoms with Crippen LogP contribution in [0.2, 0.25) is 5.02 Å². The summed E-state index contributed by atoms with van der Waals surface area (Å²) in [4.78, 5) is 2.56. The Morgan fingerprint density at radius 3 is 2.53 bits per heavy atom.